The van der Waals surface area contributed by atoms with Gasteiger partial charge in [0.15, 0.2) is 4.36 Å². The first-order valence-electron chi connectivity index (χ1n) is 5.54. The normalized spacial score (nSPS) is 12.9. The van der Waals surface area contributed by atoms with Crippen molar-refractivity contribution in [1.29, 1.82) is 0 Å². The Morgan fingerprint density at radius 2 is 1.45 bits per heavy atom. The van der Waals surface area contributed by atoms with Gasteiger partial charge in [-0.25, -0.2) is 12.8 Å². The Labute approximate surface area is 126 Å². The number of rotatable bonds is 3. The Kier molecular flexibility index (Phi) is 4.48. The van der Waals surface area contributed by atoms with Gasteiger partial charge in [-0.1, -0.05) is 53.5 Å². The maximum atomic E-state index is 12.8. The predicted molar refractivity (Wildman–Crippen MR) is 78.7 cm³/mol. The zero-order valence-corrected chi connectivity index (χ0v) is 12.4. The summed E-state index contributed by atoms with van der Waals surface area (Å²) in [5.41, 5.74) is 0.331. The van der Waals surface area contributed by atoms with Gasteiger partial charge in [-0.15, -0.1) is 0 Å². The number of benzene rings is 2. The van der Waals surface area contributed by atoms with E-state index in [1.807, 2.05) is 0 Å². The lowest BCUT2D eigenvalue weighted by Gasteiger charge is -2.06. The second kappa shape index (κ2) is 5.95. The first-order valence-corrected chi connectivity index (χ1v) is 7.78. The van der Waals surface area contributed by atoms with Crippen LogP contribution in [0.5, 0.6) is 0 Å². The Morgan fingerprint density at radius 1 is 0.900 bits per heavy atom. The van der Waals surface area contributed by atoms with E-state index < -0.39 is 20.0 Å². The monoisotopic (exact) mass is 330 g/mol. The van der Waals surface area contributed by atoms with Gasteiger partial charge in [0.1, 0.15) is 5.82 Å². The Hall–Kier alpha value is -1.36. The minimum absolute atomic E-state index is 0.0465. The lowest BCUT2D eigenvalue weighted by atomic mass is 10.2. The average molecular weight is 331 g/mol. The molecule has 2 aromatic carbocycles. The van der Waals surface area contributed by atoms with Crippen molar-refractivity contribution in [3.63, 3.8) is 0 Å². The molecule has 2 aromatic rings. The number of hydrogen-bond acceptors (Lipinski definition) is 2. The number of sulfone groups is 1. The van der Waals surface area contributed by atoms with Crippen molar-refractivity contribution in [3.8, 4) is 0 Å². The minimum atomic E-state index is -3.88. The molecule has 104 valence electrons. The number of hydrogen-bond donors (Lipinski definition) is 0. The third kappa shape index (κ3) is 3.03. The summed E-state index contributed by atoms with van der Waals surface area (Å²) in [6.45, 7) is 0. The van der Waals surface area contributed by atoms with Gasteiger partial charge in [0.2, 0.25) is 9.84 Å². The third-order valence-electron chi connectivity index (χ3n) is 2.56. The van der Waals surface area contributed by atoms with Gasteiger partial charge >= 0.3 is 0 Å². The molecule has 0 saturated carbocycles. The van der Waals surface area contributed by atoms with Crippen molar-refractivity contribution in [3.05, 3.63) is 70.3 Å². The van der Waals surface area contributed by atoms with Gasteiger partial charge in [0.05, 0.1) is 9.93 Å². The van der Waals surface area contributed by atoms with E-state index in [1.54, 1.807) is 18.2 Å². The summed E-state index contributed by atoms with van der Waals surface area (Å²) in [6, 6.07) is 12.8. The molecule has 0 radical (unpaired) electrons. The van der Waals surface area contributed by atoms with Crippen LogP contribution >= 0.6 is 23.2 Å². The summed E-state index contributed by atoms with van der Waals surface area (Å²) < 4.78 is 36.9. The van der Waals surface area contributed by atoms with E-state index in [9.17, 15) is 12.8 Å². The molecule has 0 spiro atoms. The summed E-state index contributed by atoms with van der Waals surface area (Å²) >= 11 is 11.9. The van der Waals surface area contributed by atoms with Crippen LogP contribution < -0.4 is 0 Å². The molecule has 20 heavy (non-hydrogen) atoms. The summed E-state index contributed by atoms with van der Waals surface area (Å²) in [6.07, 6.45) is 0. The van der Waals surface area contributed by atoms with E-state index in [0.717, 1.165) is 0 Å². The maximum Gasteiger partial charge on any atom is 0.218 e. The zero-order valence-electron chi connectivity index (χ0n) is 10.1. The largest absolute Gasteiger partial charge is 0.218 e. The Morgan fingerprint density at radius 3 is 2.00 bits per heavy atom. The quantitative estimate of drug-likeness (QED) is 0.835. The zero-order chi connectivity index (χ0) is 14.8. The van der Waals surface area contributed by atoms with Crippen molar-refractivity contribution in [2.45, 2.75) is 4.90 Å². The fourth-order valence-electron chi connectivity index (χ4n) is 1.53. The van der Waals surface area contributed by atoms with Crippen molar-refractivity contribution < 1.29 is 12.8 Å². The molecule has 6 heteroatoms. The number of halogens is 3. The van der Waals surface area contributed by atoms with E-state index in [4.69, 9.17) is 23.2 Å². The van der Waals surface area contributed by atoms with Crippen LogP contribution in [0.15, 0.2) is 63.9 Å². The van der Waals surface area contributed by atoms with E-state index in [2.05, 4.69) is 0 Å². The highest BCUT2D eigenvalue weighted by Gasteiger charge is 2.22. The first kappa shape index (κ1) is 15.0. The fraction of sp³-hybridized carbons (Fsp3) is 0. The van der Waals surface area contributed by atoms with Crippen LogP contribution in [0.3, 0.4) is 0 Å². The molecule has 0 fully saturated rings. The molecule has 2 nitrogen and oxygen atoms in total. The van der Waals surface area contributed by atoms with E-state index in [1.165, 1.54) is 36.4 Å². The van der Waals surface area contributed by atoms with Gasteiger partial charge in [-0.2, -0.15) is 0 Å². The Bertz CT molecular complexity index is 739. The van der Waals surface area contributed by atoms with Crippen LogP contribution in [0.1, 0.15) is 5.56 Å². The summed E-state index contributed by atoms with van der Waals surface area (Å²) in [5.74, 6) is -0.444. The van der Waals surface area contributed by atoms with Crippen LogP contribution in [0, 0.1) is 5.82 Å². The molecular weight excluding hydrogens is 322 g/mol. The Balaban J connectivity index is 2.51. The van der Waals surface area contributed by atoms with Crippen LogP contribution in [0.25, 0.3) is 5.03 Å². The van der Waals surface area contributed by atoms with E-state index in [0.29, 0.717) is 5.56 Å². The van der Waals surface area contributed by atoms with Gasteiger partial charge in [-0.3, -0.25) is 0 Å². The molecule has 0 saturated heterocycles. The molecule has 0 atom stereocenters. The molecule has 0 unspecified atom stereocenters. The van der Waals surface area contributed by atoms with Crippen LogP contribution in [0.2, 0.25) is 0 Å². The lowest BCUT2D eigenvalue weighted by Crippen LogP contribution is -2.01. The van der Waals surface area contributed by atoms with Crippen LogP contribution in [0.4, 0.5) is 4.39 Å². The average Bonchev–Trinajstić information content (AvgIpc) is 2.47. The molecule has 0 amide bonds. The highest BCUT2D eigenvalue weighted by molar-refractivity contribution is 7.97. The molecule has 0 heterocycles. The molecule has 0 N–H and O–H groups in total. The van der Waals surface area contributed by atoms with Crippen molar-refractivity contribution in [1.82, 2.24) is 0 Å². The van der Waals surface area contributed by atoms with E-state index in [-0.39, 0.29) is 9.93 Å². The molecule has 0 aliphatic heterocycles. The smallest absolute Gasteiger partial charge is 0.218 e. The molecule has 0 aliphatic rings. The predicted octanol–water partition coefficient (Wildman–Crippen LogP) is 4.40. The third-order valence-corrected chi connectivity index (χ3v) is 5.54. The second-order valence-corrected chi connectivity index (χ2v) is 6.78. The van der Waals surface area contributed by atoms with Gasteiger partial charge in [0, 0.05) is 0 Å². The molecular formula is C14H9Cl2FO2S. The maximum absolute atomic E-state index is 12.8. The lowest BCUT2D eigenvalue weighted by molar-refractivity contribution is 0.604. The van der Waals surface area contributed by atoms with Crippen molar-refractivity contribution in [2.75, 3.05) is 0 Å². The molecule has 0 aromatic heterocycles. The first-order chi connectivity index (χ1) is 9.43. The van der Waals surface area contributed by atoms with Crippen molar-refractivity contribution in [2.24, 2.45) is 0 Å². The minimum Gasteiger partial charge on any atom is -0.218 e. The highest BCUT2D eigenvalue weighted by atomic mass is 35.5. The van der Waals surface area contributed by atoms with Crippen LogP contribution in [-0.4, -0.2) is 8.42 Å². The second-order valence-electron chi connectivity index (χ2n) is 3.91. The molecule has 2 rings (SSSR count). The molecule has 0 bridgehead atoms. The SMILES string of the molecule is O=S(=O)(/C(Cl)=C(/Cl)c1ccc(F)cc1)c1ccccc1. The van der Waals surface area contributed by atoms with Crippen LogP contribution in [-0.2, 0) is 9.84 Å². The summed E-state index contributed by atoms with van der Waals surface area (Å²) in [5, 5.41) is -0.143. The van der Waals surface area contributed by atoms with Gasteiger partial charge in [-0.05, 0) is 29.8 Å². The van der Waals surface area contributed by atoms with Gasteiger partial charge < -0.3 is 0 Å². The summed E-state index contributed by atoms with van der Waals surface area (Å²) in [7, 11) is -3.88. The molecule has 0 aliphatic carbocycles. The summed E-state index contributed by atoms with van der Waals surface area (Å²) in [4.78, 5) is 0.0465. The van der Waals surface area contributed by atoms with Crippen molar-refractivity contribution >= 4 is 38.1 Å². The standard InChI is InChI=1S/C14H9Cl2FO2S/c15-13(10-6-8-11(17)9-7-10)14(16)20(18,19)12-4-2-1-3-5-12/h1-9H/b14-13+. The van der Waals surface area contributed by atoms with Gasteiger partial charge in [0.25, 0.3) is 0 Å². The fourth-order valence-corrected chi connectivity index (χ4v) is 3.41. The topological polar surface area (TPSA) is 34.1 Å². The highest BCUT2D eigenvalue weighted by Crippen LogP contribution is 2.32. The van der Waals surface area contributed by atoms with E-state index >= 15 is 0 Å².